The normalized spacial score (nSPS) is 11.9. The van der Waals surface area contributed by atoms with Gasteiger partial charge in [0, 0.05) is 26.0 Å². The molecular weight excluding hydrogens is 248 g/mol. The summed E-state index contributed by atoms with van der Waals surface area (Å²) in [4.78, 5) is 11.7. The minimum atomic E-state index is -0.692. The fourth-order valence-electron chi connectivity index (χ4n) is 1.40. The van der Waals surface area contributed by atoms with Crippen LogP contribution in [0.5, 0.6) is 5.75 Å². The number of nitrogens with two attached hydrogens (primary N) is 1. The minimum Gasteiger partial charge on any atom is -0.491 e. The van der Waals surface area contributed by atoms with Crippen LogP contribution in [0, 0.1) is 0 Å². The molecule has 0 aliphatic heterocycles. The van der Waals surface area contributed by atoms with Crippen LogP contribution in [0.15, 0.2) is 24.3 Å². The Morgan fingerprint density at radius 3 is 2.79 bits per heavy atom. The first-order chi connectivity index (χ1) is 9.17. The van der Waals surface area contributed by atoms with E-state index in [1.165, 1.54) is 7.11 Å². The molecule has 1 atom stereocenters. The van der Waals surface area contributed by atoms with Gasteiger partial charge in [-0.2, -0.15) is 0 Å². The summed E-state index contributed by atoms with van der Waals surface area (Å²) in [6.45, 7) is 1.14. The average molecular weight is 268 g/mol. The van der Waals surface area contributed by atoms with E-state index in [0.717, 1.165) is 0 Å². The number of rotatable bonds is 8. The zero-order chi connectivity index (χ0) is 14.1. The lowest BCUT2D eigenvalue weighted by molar-refractivity contribution is -0.118. The Balaban J connectivity index is 2.54. The van der Waals surface area contributed by atoms with E-state index in [9.17, 15) is 4.79 Å². The molecule has 1 amide bonds. The van der Waals surface area contributed by atoms with Crippen molar-refractivity contribution >= 4 is 11.6 Å². The smallest absolute Gasteiger partial charge is 0.243 e. The Labute approximate surface area is 112 Å². The van der Waals surface area contributed by atoms with Crippen LogP contribution in [0.1, 0.15) is 0 Å². The van der Waals surface area contributed by atoms with Crippen LogP contribution in [-0.2, 0) is 14.3 Å². The molecule has 0 radical (unpaired) electrons. The molecular formula is C13H20N2O4. The molecule has 0 spiro atoms. The van der Waals surface area contributed by atoms with E-state index in [1.54, 1.807) is 31.4 Å². The summed E-state index contributed by atoms with van der Waals surface area (Å²) in [5.41, 5.74) is 6.26. The molecule has 0 aliphatic rings. The lowest BCUT2D eigenvalue weighted by Crippen LogP contribution is -2.39. The maximum absolute atomic E-state index is 11.7. The van der Waals surface area contributed by atoms with Crippen molar-refractivity contribution in [2.24, 2.45) is 5.73 Å². The summed E-state index contributed by atoms with van der Waals surface area (Å²) in [6, 6.07) is 6.40. The van der Waals surface area contributed by atoms with Gasteiger partial charge in [0.15, 0.2) is 0 Å². The number of amides is 1. The number of methoxy groups -OCH3 is 2. The van der Waals surface area contributed by atoms with E-state index in [-0.39, 0.29) is 12.5 Å². The van der Waals surface area contributed by atoms with E-state index < -0.39 is 6.04 Å². The SMILES string of the molecule is COCCOc1cccc(NC(=O)C(N)COC)c1. The van der Waals surface area contributed by atoms with Gasteiger partial charge in [-0.1, -0.05) is 6.07 Å². The van der Waals surface area contributed by atoms with Gasteiger partial charge >= 0.3 is 0 Å². The lowest BCUT2D eigenvalue weighted by atomic mass is 10.2. The van der Waals surface area contributed by atoms with Crippen LogP contribution in [-0.4, -0.2) is 46.0 Å². The molecule has 0 aliphatic carbocycles. The maximum Gasteiger partial charge on any atom is 0.243 e. The lowest BCUT2D eigenvalue weighted by Gasteiger charge is -2.12. The summed E-state index contributed by atoms with van der Waals surface area (Å²) >= 11 is 0. The first-order valence-corrected chi connectivity index (χ1v) is 5.94. The molecule has 0 saturated carbocycles. The van der Waals surface area contributed by atoms with Gasteiger partial charge in [-0.3, -0.25) is 4.79 Å². The predicted molar refractivity (Wildman–Crippen MR) is 72.3 cm³/mol. The Kier molecular flexibility index (Phi) is 6.88. The van der Waals surface area contributed by atoms with Crippen molar-refractivity contribution in [3.05, 3.63) is 24.3 Å². The Hall–Kier alpha value is -1.63. The van der Waals surface area contributed by atoms with Crippen molar-refractivity contribution < 1.29 is 19.0 Å². The van der Waals surface area contributed by atoms with Gasteiger partial charge in [0.05, 0.1) is 13.2 Å². The van der Waals surface area contributed by atoms with Crippen LogP contribution in [0.25, 0.3) is 0 Å². The van der Waals surface area contributed by atoms with Gasteiger partial charge in [-0.15, -0.1) is 0 Å². The van der Waals surface area contributed by atoms with Gasteiger partial charge in [-0.25, -0.2) is 0 Å². The number of carbonyl (C=O) groups is 1. The third kappa shape index (κ3) is 5.69. The van der Waals surface area contributed by atoms with E-state index in [1.807, 2.05) is 0 Å². The van der Waals surface area contributed by atoms with Gasteiger partial charge < -0.3 is 25.3 Å². The van der Waals surface area contributed by atoms with Crippen LogP contribution in [0.3, 0.4) is 0 Å². The van der Waals surface area contributed by atoms with E-state index in [4.69, 9.17) is 19.9 Å². The third-order valence-electron chi connectivity index (χ3n) is 2.34. The van der Waals surface area contributed by atoms with Crippen LogP contribution < -0.4 is 15.8 Å². The first-order valence-electron chi connectivity index (χ1n) is 5.94. The highest BCUT2D eigenvalue weighted by Gasteiger charge is 2.13. The number of hydrogen-bond donors (Lipinski definition) is 2. The van der Waals surface area contributed by atoms with E-state index in [0.29, 0.717) is 24.7 Å². The number of ether oxygens (including phenoxy) is 3. The Bertz CT molecular complexity index is 398. The molecule has 0 saturated heterocycles. The molecule has 0 heterocycles. The summed E-state index contributed by atoms with van der Waals surface area (Å²) in [5, 5.41) is 2.70. The van der Waals surface area contributed by atoms with Crippen molar-refractivity contribution in [1.82, 2.24) is 0 Å². The molecule has 106 valence electrons. The minimum absolute atomic E-state index is 0.176. The number of anilines is 1. The standard InChI is InChI=1S/C13H20N2O4/c1-17-6-7-19-11-5-3-4-10(8-11)15-13(16)12(14)9-18-2/h3-5,8,12H,6-7,9,14H2,1-2H3,(H,15,16). The van der Waals surface area contributed by atoms with Gasteiger partial charge in [0.2, 0.25) is 5.91 Å². The molecule has 6 nitrogen and oxygen atoms in total. The summed E-state index contributed by atoms with van der Waals surface area (Å²) in [6.07, 6.45) is 0. The van der Waals surface area contributed by atoms with Crippen LogP contribution in [0.2, 0.25) is 0 Å². The fourth-order valence-corrected chi connectivity index (χ4v) is 1.40. The second kappa shape index (κ2) is 8.47. The second-order valence-electron chi connectivity index (χ2n) is 3.92. The number of carbonyl (C=O) groups excluding carboxylic acids is 1. The van der Waals surface area contributed by atoms with Gasteiger partial charge in [0.1, 0.15) is 18.4 Å². The van der Waals surface area contributed by atoms with Crippen molar-refractivity contribution in [2.45, 2.75) is 6.04 Å². The van der Waals surface area contributed by atoms with Crippen molar-refractivity contribution in [3.8, 4) is 5.75 Å². The monoisotopic (exact) mass is 268 g/mol. The number of nitrogens with one attached hydrogen (secondary N) is 1. The number of hydrogen-bond acceptors (Lipinski definition) is 5. The highest BCUT2D eigenvalue weighted by molar-refractivity contribution is 5.94. The predicted octanol–water partition coefficient (Wildman–Crippen LogP) is 0.624. The molecule has 1 rings (SSSR count). The summed E-state index contributed by atoms with van der Waals surface area (Å²) in [7, 11) is 3.11. The van der Waals surface area contributed by atoms with Crippen LogP contribution >= 0.6 is 0 Å². The Morgan fingerprint density at radius 1 is 1.32 bits per heavy atom. The maximum atomic E-state index is 11.7. The highest BCUT2D eigenvalue weighted by atomic mass is 16.5. The van der Waals surface area contributed by atoms with Crippen molar-refractivity contribution in [2.75, 3.05) is 39.4 Å². The molecule has 19 heavy (non-hydrogen) atoms. The molecule has 6 heteroatoms. The number of benzene rings is 1. The zero-order valence-electron chi connectivity index (χ0n) is 11.2. The van der Waals surface area contributed by atoms with Crippen molar-refractivity contribution in [1.29, 1.82) is 0 Å². The zero-order valence-corrected chi connectivity index (χ0v) is 11.2. The van der Waals surface area contributed by atoms with E-state index in [2.05, 4.69) is 5.32 Å². The van der Waals surface area contributed by atoms with Crippen molar-refractivity contribution in [3.63, 3.8) is 0 Å². The first kappa shape index (κ1) is 15.4. The van der Waals surface area contributed by atoms with Crippen LogP contribution in [0.4, 0.5) is 5.69 Å². The van der Waals surface area contributed by atoms with Gasteiger partial charge in [0.25, 0.3) is 0 Å². The topological polar surface area (TPSA) is 82.8 Å². The molecule has 0 bridgehead atoms. The summed E-state index contributed by atoms with van der Waals surface area (Å²) in [5.74, 6) is 0.367. The molecule has 3 N–H and O–H groups in total. The molecule has 1 aromatic carbocycles. The molecule has 0 fully saturated rings. The largest absolute Gasteiger partial charge is 0.491 e. The van der Waals surface area contributed by atoms with E-state index >= 15 is 0 Å². The molecule has 1 aromatic rings. The molecule has 1 unspecified atom stereocenters. The average Bonchev–Trinajstić information content (AvgIpc) is 2.40. The highest BCUT2D eigenvalue weighted by Crippen LogP contribution is 2.17. The quantitative estimate of drug-likeness (QED) is 0.675. The Morgan fingerprint density at radius 2 is 2.11 bits per heavy atom. The third-order valence-corrected chi connectivity index (χ3v) is 2.34. The second-order valence-corrected chi connectivity index (χ2v) is 3.92. The van der Waals surface area contributed by atoms with Gasteiger partial charge in [-0.05, 0) is 12.1 Å². The molecule has 0 aromatic heterocycles. The summed E-state index contributed by atoms with van der Waals surface area (Å²) < 4.78 is 15.2. The fraction of sp³-hybridized carbons (Fsp3) is 0.462.